The van der Waals surface area contributed by atoms with Crippen molar-refractivity contribution in [1.82, 2.24) is 9.55 Å². The number of hydrogen-bond acceptors (Lipinski definition) is 8. The van der Waals surface area contributed by atoms with Gasteiger partial charge in [0, 0.05) is 22.6 Å². The van der Waals surface area contributed by atoms with Gasteiger partial charge in [-0.15, -0.1) is 0 Å². The highest BCUT2D eigenvalue weighted by atomic mass is 16.7. The molecule has 0 saturated heterocycles. The van der Waals surface area contributed by atoms with Crippen LogP contribution in [0.3, 0.4) is 0 Å². The molecule has 0 fully saturated rings. The zero-order chi connectivity index (χ0) is 26.2. The summed E-state index contributed by atoms with van der Waals surface area (Å²) in [6.07, 6.45) is 0.0820. The third kappa shape index (κ3) is 3.05. The van der Waals surface area contributed by atoms with E-state index in [1.165, 1.54) is 0 Å². The lowest BCUT2D eigenvalue weighted by Gasteiger charge is -2.31. The number of carbonyl (C=O) groups is 1. The summed E-state index contributed by atoms with van der Waals surface area (Å²) in [6, 6.07) is 13.3. The second-order valence-electron chi connectivity index (χ2n) is 9.60. The highest BCUT2D eigenvalue weighted by Crippen LogP contribution is 2.46. The van der Waals surface area contributed by atoms with E-state index in [1.54, 1.807) is 17.6 Å². The number of aliphatic hydroxyl groups is 1. The molecule has 0 spiro atoms. The Morgan fingerprint density at radius 2 is 1.87 bits per heavy atom. The molecule has 2 aromatic heterocycles. The highest BCUT2D eigenvalue weighted by Gasteiger charge is 2.45. The Morgan fingerprint density at radius 1 is 1.05 bits per heavy atom. The molecule has 5 heterocycles. The van der Waals surface area contributed by atoms with Crippen LogP contribution >= 0.6 is 0 Å². The molecular weight excluding hydrogens is 488 g/mol. The monoisotopic (exact) mass is 512 g/mol. The fourth-order valence-electron chi connectivity index (χ4n) is 5.71. The van der Waals surface area contributed by atoms with Gasteiger partial charge in [-0.1, -0.05) is 19.1 Å². The molecule has 0 bridgehead atoms. The number of fused-ring (bicyclic) bond motifs is 6. The molecule has 4 aromatic rings. The highest BCUT2D eigenvalue weighted by molar-refractivity contribution is 6.01. The average Bonchev–Trinajstić information content (AvgIpc) is 3.53. The second-order valence-corrected chi connectivity index (χ2v) is 9.60. The van der Waals surface area contributed by atoms with E-state index < -0.39 is 11.6 Å². The van der Waals surface area contributed by atoms with E-state index in [0.717, 1.165) is 27.8 Å². The first-order valence-corrected chi connectivity index (χ1v) is 12.6. The second kappa shape index (κ2) is 8.06. The molecule has 3 aliphatic heterocycles. The van der Waals surface area contributed by atoms with E-state index in [2.05, 4.69) is 0 Å². The van der Waals surface area contributed by atoms with Gasteiger partial charge in [-0.2, -0.15) is 0 Å². The molecule has 192 valence electrons. The number of esters is 1. The van der Waals surface area contributed by atoms with Crippen LogP contribution in [0.5, 0.6) is 17.2 Å². The SMILES string of the molecule is CCOc1cccc(-c2c3c(nc4cc5c(cc24)OCO5)-c2cc4c(c(=O)n2C3)COC(=O)[C@]4(O)CC)c1. The molecule has 0 saturated carbocycles. The van der Waals surface area contributed by atoms with E-state index in [1.807, 2.05) is 43.3 Å². The number of hydrogen-bond donors (Lipinski definition) is 1. The van der Waals surface area contributed by atoms with Crippen molar-refractivity contribution in [3.8, 4) is 39.8 Å². The molecule has 9 nitrogen and oxygen atoms in total. The minimum atomic E-state index is -1.89. The molecule has 0 amide bonds. The topological polar surface area (TPSA) is 109 Å². The largest absolute Gasteiger partial charge is 0.494 e. The van der Waals surface area contributed by atoms with E-state index in [9.17, 15) is 14.7 Å². The van der Waals surface area contributed by atoms with Crippen molar-refractivity contribution < 1.29 is 28.8 Å². The summed E-state index contributed by atoms with van der Waals surface area (Å²) in [4.78, 5) is 31.2. The van der Waals surface area contributed by atoms with Crippen molar-refractivity contribution in [3.05, 3.63) is 69.5 Å². The quantitative estimate of drug-likeness (QED) is 0.362. The molecule has 2 aromatic carbocycles. The maximum atomic E-state index is 13.7. The van der Waals surface area contributed by atoms with Gasteiger partial charge >= 0.3 is 5.97 Å². The summed E-state index contributed by atoms with van der Waals surface area (Å²) in [5, 5.41) is 12.1. The molecule has 1 N–H and O–H groups in total. The Morgan fingerprint density at radius 3 is 2.66 bits per heavy atom. The van der Waals surface area contributed by atoms with E-state index in [-0.39, 0.29) is 43.1 Å². The number of aromatic nitrogens is 2. The van der Waals surface area contributed by atoms with Crippen molar-refractivity contribution in [2.45, 2.75) is 39.0 Å². The molecule has 7 rings (SSSR count). The van der Waals surface area contributed by atoms with E-state index >= 15 is 0 Å². The summed E-state index contributed by atoms with van der Waals surface area (Å²) in [6.45, 7) is 4.39. The number of nitrogens with zero attached hydrogens (tertiary/aromatic N) is 2. The normalized spacial score (nSPS) is 18.7. The third-order valence-corrected chi connectivity index (χ3v) is 7.62. The molecule has 0 unspecified atom stereocenters. The van der Waals surface area contributed by atoms with Crippen LogP contribution in [-0.4, -0.2) is 34.0 Å². The smallest absolute Gasteiger partial charge is 0.343 e. The van der Waals surface area contributed by atoms with Crippen molar-refractivity contribution in [1.29, 1.82) is 0 Å². The maximum Gasteiger partial charge on any atom is 0.343 e. The van der Waals surface area contributed by atoms with Crippen molar-refractivity contribution in [2.24, 2.45) is 0 Å². The maximum absolute atomic E-state index is 13.7. The van der Waals surface area contributed by atoms with Gasteiger partial charge in [-0.3, -0.25) is 4.79 Å². The lowest BCUT2D eigenvalue weighted by atomic mass is 9.86. The minimum absolute atomic E-state index is 0.0820. The molecule has 0 aliphatic carbocycles. The number of carbonyl (C=O) groups excluding carboxylic acids is 1. The zero-order valence-corrected chi connectivity index (χ0v) is 20.9. The molecule has 1 atom stereocenters. The number of pyridine rings is 2. The Bertz CT molecular complexity index is 1740. The van der Waals surface area contributed by atoms with Gasteiger partial charge in [0.2, 0.25) is 6.79 Å². The Balaban J connectivity index is 1.54. The van der Waals surface area contributed by atoms with Gasteiger partial charge < -0.3 is 28.6 Å². The van der Waals surface area contributed by atoms with Crippen LogP contribution in [-0.2, 0) is 28.3 Å². The predicted molar refractivity (Wildman–Crippen MR) is 137 cm³/mol. The Kier molecular flexibility index (Phi) is 4.84. The first-order valence-electron chi connectivity index (χ1n) is 12.6. The minimum Gasteiger partial charge on any atom is -0.494 e. The van der Waals surface area contributed by atoms with Gasteiger partial charge in [0.05, 0.1) is 35.6 Å². The predicted octanol–water partition coefficient (Wildman–Crippen LogP) is 3.87. The number of cyclic esters (lactones) is 1. The van der Waals surface area contributed by atoms with Crippen molar-refractivity contribution >= 4 is 16.9 Å². The first kappa shape index (κ1) is 22.8. The van der Waals surface area contributed by atoms with Crippen LogP contribution in [0.4, 0.5) is 0 Å². The Hall–Kier alpha value is -4.37. The average molecular weight is 513 g/mol. The third-order valence-electron chi connectivity index (χ3n) is 7.62. The van der Waals surface area contributed by atoms with Crippen LogP contribution in [0.25, 0.3) is 33.4 Å². The summed E-state index contributed by atoms with van der Waals surface area (Å²) in [5.74, 6) is 1.22. The summed E-state index contributed by atoms with van der Waals surface area (Å²) < 4.78 is 23.9. The summed E-state index contributed by atoms with van der Waals surface area (Å²) >= 11 is 0. The van der Waals surface area contributed by atoms with Crippen LogP contribution < -0.4 is 19.8 Å². The molecule has 38 heavy (non-hydrogen) atoms. The van der Waals surface area contributed by atoms with Crippen molar-refractivity contribution in [2.75, 3.05) is 13.4 Å². The Labute approximate surface area is 217 Å². The number of rotatable bonds is 4. The first-order chi connectivity index (χ1) is 18.4. The van der Waals surface area contributed by atoms with Crippen LogP contribution in [0.15, 0.2) is 47.3 Å². The molecule has 0 radical (unpaired) electrons. The van der Waals surface area contributed by atoms with Gasteiger partial charge in [0.15, 0.2) is 17.1 Å². The van der Waals surface area contributed by atoms with E-state index in [0.29, 0.717) is 35.0 Å². The fourth-order valence-corrected chi connectivity index (χ4v) is 5.71. The molecular formula is C29H24N2O7. The van der Waals surface area contributed by atoms with Crippen LogP contribution in [0.2, 0.25) is 0 Å². The lowest BCUT2D eigenvalue weighted by molar-refractivity contribution is -0.172. The summed E-state index contributed by atoms with van der Waals surface area (Å²) in [7, 11) is 0. The number of ether oxygens (including phenoxy) is 4. The van der Waals surface area contributed by atoms with Crippen molar-refractivity contribution in [3.63, 3.8) is 0 Å². The van der Waals surface area contributed by atoms with Crippen LogP contribution in [0, 0.1) is 0 Å². The van der Waals surface area contributed by atoms with Gasteiger partial charge in [-0.05, 0) is 48.7 Å². The fraction of sp³-hybridized carbons (Fsp3) is 0.276. The van der Waals surface area contributed by atoms with Gasteiger partial charge in [0.1, 0.15) is 12.4 Å². The zero-order valence-electron chi connectivity index (χ0n) is 20.9. The molecule has 9 heteroatoms. The number of benzene rings is 2. The van der Waals surface area contributed by atoms with Gasteiger partial charge in [-0.25, -0.2) is 9.78 Å². The van der Waals surface area contributed by atoms with Crippen LogP contribution in [0.1, 0.15) is 37.0 Å². The standard InChI is InChI=1S/C29H24N2O7/c1-3-29(34)20-10-22-26-18(12-31(22)27(32)19(20)13-36-28(29)33)25(15-6-5-7-16(8-15)35-4-2)17-9-23-24(38-14-37-23)11-21(17)30-26/h5-11,34H,3-4,12-14H2,1-2H3/t29-/m0/s1. The van der Waals surface area contributed by atoms with Gasteiger partial charge in [0.25, 0.3) is 5.56 Å². The summed E-state index contributed by atoms with van der Waals surface area (Å²) in [5.41, 5.74) is 2.90. The van der Waals surface area contributed by atoms with E-state index in [4.69, 9.17) is 23.9 Å². The molecule has 3 aliphatic rings. The lowest BCUT2D eigenvalue weighted by Crippen LogP contribution is -2.44.